The summed E-state index contributed by atoms with van der Waals surface area (Å²) in [7, 11) is 0. The first-order valence-corrected chi connectivity index (χ1v) is 12.5. The third-order valence-electron chi connectivity index (χ3n) is 6.95. The van der Waals surface area contributed by atoms with E-state index in [4.69, 9.17) is 0 Å². The van der Waals surface area contributed by atoms with Crippen molar-refractivity contribution in [1.29, 1.82) is 0 Å². The normalized spacial score (nSPS) is 18.3. The molecule has 3 aliphatic rings. The van der Waals surface area contributed by atoms with Crippen molar-refractivity contribution < 1.29 is 9.18 Å². The molecule has 5 heterocycles. The number of benzene rings is 1. The van der Waals surface area contributed by atoms with Gasteiger partial charge < -0.3 is 15.2 Å². The van der Waals surface area contributed by atoms with Gasteiger partial charge in [-0.2, -0.15) is 5.10 Å². The van der Waals surface area contributed by atoms with E-state index < -0.39 is 0 Å². The Morgan fingerprint density at radius 1 is 1.15 bits per heavy atom. The van der Waals surface area contributed by atoms with Crippen LogP contribution in [0.3, 0.4) is 0 Å². The van der Waals surface area contributed by atoms with Crippen LogP contribution in [0.2, 0.25) is 0 Å². The van der Waals surface area contributed by atoms with Crippen molar-refractivity contribution in [2.24, 2.45) is 0 Å². The summed E-state index contributed by atoms with van der Waals surface area (Å²) in [6, 6.07) is 7.52. The van der Waals surface area contributed by atoms with Crippen LogP contribution in [0.1, 0.15) is 29.7 Å². The highest BCUT2D eigenvalue weighted by Crippen LogP contribution is 2.30. The summed E-state index contributed by atoms with van der Waals surface area (Å²) in [5, 5.41) is 16.0. The minimum atomic E-state index is -0.217. The van der Waals surface area contributed by atoms with Crippen LogP contribution < -0.4 is 16.2 Å². The number of halogens is 1. The maximum atomic E-state index is 14.1. The number of carbonyl (C=O) groups is 1. The van der Waals surface area contributed by atoms with Crippen LogP contribution in [-0.4, -0.2) is 50.5 Å². The van der Waals surface area contributed by atoms with Gasteiger partial charge in [-0.1, -0.05) is 0 Å². The van der Waals surface area contributed by atoms with E-state index in [1.807, 2.05) is 12.1 Å². The number of carbonyl (C=O) groups excluding carboxylic acids is 1. The van der Waals surface area contributed by atoms with Gasteiger partial charge in [0, 0.05) is 36.8 Å². The number of piperidine rings is 1. The molecule has 0 radical (unpaired) electrons. The van der Waals surface area contributed by atoms with Gasteiger partial charge in [-0.25, -0.2) is 4.39 Å². The fourth-order valence-corrected chi connectivity index (χ4v) is 5.97. The van der Waals surface area contributed by atoms with Gasteiger partial charge in [-0.15, -0.1) is 5.10 Å². The Morgan fingerprint density at radius 3 is 2.85 bits per heavy atom. The Morgan fingerprint density at radius 2 is 2.00 bits per heavy atom. The molecule has 0 atom stereocenters. The summed E-state index contributed by atoms with van der Waals surface area (Å²) < 4.78 is 15.9. The fraction of sp³-hybridized carbons (Fsp3) is 0.417. The van der Waals surface area contributed by atoms with E-state index in [1.54, 1.807) is 10.6 Å². The van der Waals surface area contributed by atoms with Crippen molar-refractivity contribution >= 4 is 33.6 Å². The molecule has 6 rings (SSSR count). The number of pyridine rings is 1. The van der Waals surface area contributed by atoms with Crippen LogP contribution >= 0.6 is 11.8 Å². The van der Waals surface area contributed by atoms with E-state index in [0.29, 0.717) is 43.5 Å². The van der Waals surface area contributed by atoms with E-state index in [2.05, 4.69) is 25.7 Å². The first-order chi connectivity index (χ1) is 16.5. The molecule has 2 N–H and O–H groups in total. The molecule has 1 fully saturated rings. The molecule has 176 valence electrons. The van der Waals surface area contributed by atoms with Crippen LogP contribution in [0, 0.1) is 5.82 Å². The Bertz CT molecular complexity index is 1350. The molecule has 0 saturated carbocycles. The lowest BCUT2D eigenvalue weighted by atomic mass is 10.0. The number of fused-ring (bicyclic) bond motifs is 1. The summed E-state index contributed by atoms with van der Waals surface area (Å²) in [6.45, 7) is 3.85. The highest BCUT2D eigenvalue weighted by atomic mass is 32.2. The largest absolute Gasteiger partial charge is 0.360 e. The quantitative estimate of drug-likeness (QED) is 0.575. The number of aromatic nitrogens is 3. The second-order valence-corrected chi connectivity index (χ2v) is 10.2. The van der Waals surface area contributed by atoms with Gasteiger partial charge in [0.25, 0.3) is 5.56 Å². The van der Waals surface area contributed by atoms with Gasteiger partial charge in [0.05, 0.1) is 22.7 Å². The van der Waals surface area contributed by atoms with Crippen LogP contribution in [0.4, 0.5) is 10.2 Å². The molecule has 0 aliphatic carbocycles. The summed E-state index contributed by atoms with van der Waals surface area (Å²) in [6.07, 6.45) is 2.54. The van der Waals surface area contributed by atoms with E-state index in [9.17, 15) is 14.0 Å². The second-order valence-electron chi connectivity index (χ2n) is 9.15. The summed E-state index contributed by atoms with van der Waals surface area (Å²) >= 11 is 1.21. The Labute approximate surface area is 199 Å². The highest BCUT2D eigenvalue weighted by Gasteiger charge is 2.24. The molecule has 1 saturated heterocycles. The molecule has 0 unspecified atom stereocenters. The number of nitrogens with one attached hydrogen (secondary N) is 2. The summed E-state index contributed by atoms with van der Waals surface area (Å²) in [4.78, 5) is 27.8. The Kier molecular flexibility index (Phi) is 5.59. The highest BCUT2D eigenvalue weighted by molar-refractivity contribution is 8.14. The minimum Gasteiger partial charge on any atom is -0.360 e. The number of hydrogen-bond acceptors (Lipinski definition) is 8. The minimum absolute atomic E-state index is 0.00826. The number of nitrogens with zero attached hydrogens (tertiary/aromatic N) is 4. The van der Waals surface area contributed by atoms with E-state index in [-0.39, 0.29) is 23.0 Å². The zero-order valence-electron chi connectivity index (χ0n) is 18.6. The molecule has 8 nitrogen and oxygen atoms in total. The molecule has 3 aromatic rings. The molecule has 0 spiro atoms. The van der Waals surface area contributed by atoms with Crippen LogP contribution in [0.5, 0.6) is 0 Å². The van der Waals surface area contributed by atoms with Crippen molar-refractivity contribution in [3.63, 3.8) is 0 Å². The zero-order chi connectivity index (χ0) is 23.2. The molecule has 0 amide bonds. The van der Waals surface area contributed by atoms with Gasteiger partial charge in [-0.3, -0.25) is 14.5 Å². The average Bonchev–Trinajstić information content (AvgIpc) is 3.30. The van der Waals surface area contributed by atoms with Crippen molar-refractivity contribution in [3.8, 4) is 0 Å². The maximum absolute atomic E-state index is 14.1. The lowest BCUT2D eigenvalue weighted by Gasteiger charge is -2.32. The topological polar surface area (TPSA) is 92.1 Å². The number of aryl methyl sites for hydroxylation is 2. The van der Waals surface area contributed by atoms with E-state index in [1.165, 1.54) is 17.8 Å². The number of likely N-dealkylation sites (tertiary alicyclic amines) is 1. The number of rotatable bonds is 5. The van der Waals surface area contributed by atoms with Gasteiger partial charge in [-0.05, 0) is 73.8 Å². The third-order valence-corrected chi connectivity index (χ3v) is 7.85. The Balaban J connectivity index is 1.07. The average molecular weight is 481 g/mol. The Hall–Kier alpha value is -2.82. The molecule has 10 heteroatoms. The van der Waals surface area contributed by atoms with E-state index in [0.717, 1.165) is 53.0 Å². The first kappa shape index (κ1) is 21.7. The first-order valence-electron chi connectivity index (χ1n) is 11.7. The molecule has 1 aromatic carbocycles. The SMILES string of the molecule is O=C1CNc2nnc(CNC3CCN(Cc4cc5ccc(F)c6c5n(c4=O)CC6)CC3)cc2S1. The van der Waals surface area contributed by atoms with Crippen LogP contribution in [0.25, 0.3) is 10.9 Å². The number of hydrogen-bond donors (Lipinski definition) is 2. The predicted octanol–water partition coefficient (Wildman–Crippen LogP) is 2.29. The second kappa shape index (κ2) is 8.75. The number of thioether (sulfide) groups is 1. The van der Waals surface area contributed by atoms with Crippen LogP contribution in [-0.2, 0) is 30.8 Å². The molecule has 0 bridgehead atoms. The molecule has 2 aromatic heterocycles. The third kappa shape index (κ3) is 3.99. The molecular weight excluding hydrogens is 455 g/mol. The van der Waals surface area contributed by atoms with Gasteiger partial charge in [0.1, 0.15) is 5.82 Å². The van der Waals surface area contributed by atoms with Crippen LogP contribution in [0.15, 0.2) is 34.0 Å². The molecule has 34 heavy (non-hydrogen) atoms. The van der Waals surface area contributed by atoms with Gasteiger partial charge in [0.15, 0.2) is 5.82 Å². The standard InChI is InChI=1S/C24H25FN6O2S/c25-19-2-1-14-9-15(24(33)31-8-5-18(19)22(14)31)13-30-6-3-16(4-7-30)26-11-17-10-20-23(29-28-17)27-12-21(32)34-20/h1-2,9-10,16,26H,3-8,11-13H2,(H,27,29). The van der Waals surface area contributed by atoms with Crippen molar-refractivity contribution in [2.45, 2.75) is 49.8 Å². The van der Waals surface area contributed by atoms with E-state index >= 15 is 0 Å². The van der Waals surface area contributed by atoms with Crippen molar-refractivity contribution in [3.05, 3.63) is 57.3 Å². The summed E-state index contributed by atoms with van der Waals surface area (Å²) in [5.74, 6) is 0.455. The van der Waals surface area contributed by atoms with Gasteiger partial charge in [0.2, 0.25) is 5.12 Å². The maximum Gasteiger partial charge on any atom is 0.255 e. The monoisotopic (exact) mass is 480 g/mol. The van der Waals surface area contributed by atoms with Crippen molar-refractivity contribution in [1.82, 2.24) is 25.0 Å². The lowest BCUT2D eigenvalue weighted by Crippen LogP contribution is -2.42. The lowest BCUT2D eigenvalue weighted by molar-refractivity contribution is -0.109. The number of anilines is 1. The predicted molar refractivity (Wildman–Crippen MR) is 128 cm³/mol. The molecule has 3 aliphatic heterocycles. The summed E-state index contributed by atoms with van der Waals surface area (Å²) in [5.41, 5.74) is 3.04. The van der Waals surface area contributed by atoms with Gasteiger partial charge >= 0.3 is 0 Å². The fourth-order valence-electron chi connectivity index (χ4n) is 5.18. The smallest absolute Gasteiger partial charge is 0.255 e. The zero-order valence-corrected chi connectivity index (χ0v) is 19.5. The molecular formula is C24H25FN6O2S. The van der Waals surface area contributed by atoms with Crippen molar-refractivity contribution in [2.75, 3.05) is 25.0 Å².